The molecular formula is C11H14BrClN2O3S. The summed E-state index contributed by atoms with van der Waals surface area (Å²) in [6.45, 7) is 1.44. The number of rotatable bonds is 4. The highest BCUT2D eigenvalue weighted by molar-refractivity contribution is 9.10. The van der Waals surface area contributed by atoms with Crippen LogP contribution in [0.15, 0.2) is 21.5 Å². The third-order valence-corrected chi connectivity index (χ3v) is 5.18. The van der Waals surface area contributed by atoms with Gasteiger partial charge in [0.1, 0.15) is 4.90 Å². The Balaban J connectivity index is 2.38. The first-order valence-corrected chi connectivity index (χ1v) is 8.35. The smallest absolute Gasteiger partial charge is 0.244 e. The Morgan fingerprint density at radius 2 is 2.26 bits per heavy atom. The zero-order valence-electron chi connectivity index (χ0n) is 10.2. The molecule has 19 heavy (non-hydrogen) atoms. The minimum Gasteiger partial charge on any atom is -0.494 e. The van der Waals surface area contributed by atoms with Gasteiger partial charge in [-0.2, -0.15) is 0 Å². The van der Waals surface area contributed by atoms with Crippen LogP contribution in [0.2, 0.25) is 5.02 Å². The Hall–Kier alpha value is -0.340. The van der Waals surface area contributed by atoms with Gasteiger partial charge >= 0.3 is 0 Å². The number of methoxy groups -OCH3 is 1. The monoisotopic (exact) mass is 368 g/mol. The summed E-state index contributed by atoms with van der Waals surface area (Å²) in [5.74, 6) is 0.253. The fraction of sp³-hybridized carbons (Fsp3) is 0.455. The first-order valence-electron chi connectivity index (χ1n) is 5.70. The van der Waals surface area contributed by atoms with Crippen LogP contribution in [0.25, 0.3) is 0 Å². The lowest BCUT2D eigenvalue weighted by Gasteiger charge is -2.15. The molecule has 0 saturated carbocycles. The molecule has 1 unspecified atom stereocenters. The molecule has 1 aromatic rings. The molecule has 1 atom stereocenters. The quantitative estimate of drug-likeness (QED) is 0.848. The first-order chi connectivity index (χ1) is 8.94. The normalized spacial score (nSPS) is 19.6. The number of nitrogens with one attached hydrogen (secondary N) is 2. The second kappa shape index (κ2) is 5.97. The first kappa shape index (κ1) is 15.1. The van der Waals surface area contributed by atoms with E-state index in [1.165, 1.54) is 13.2 Å². The lowest BCUT2D eigenvalue weighted by molar-refractivity contribution is 0.399. The molecule has 1 aliphatic heterocycles. The van der Waals surface area contributed by atoms with E-state index in [2.05, 4.69) is 26.0 Å². The van der Waals surface area contributed by atoms with E-state index in [1.807, 2.05) is 0 Å². The number of hydrogen-bond acceptors (Lipinski definition) is 4. The lowest BCUT2D eigenvalue weighted by atomic mass is 10.3. The van der Waals surface area contributed by atoms with Crippen LogP contribution in [0.1, 0.15) is 6.42 Å². The van der Waals surface area contributed by atoms with Crippen molar-refractivity contribution in [2.45, 2.75) is 17.4 Å². The summed E-state index contributed by atoms with van der Waals surface area (Å²) in [6, 6.07) is 2.87. The van der Waals surface area contributed by atoms with Gasteiger partial charge in [-0.1, -0.05) is 11.6 Å². The van der Waals surface area contributed by atoms with Crippen LogP contribution in [0.5, 0.6) is 5.75 Å². The van der Waals surface area contributed by atoms with E-state index in [0.29, 0.717) is 16.0 Å². The van der Waals surface area contributed by atoms with Crippen molar-refractivity contribution in [3.8, 4) is 5.75 Å². The number of ether oxygens (including phenoxy) is 1. The van der Waals surface area contributed by atoms with E-state index in [4.69, 9.17) is 16.3 Å². The molecule has 0 aliphatic carbocycles. The molecule has 1 aromatic carbocycles. The van der Waals surface area contributed by atoms with Crippen LogP contribution in [0.4, 0.5) is 0 Å². The average molecular weight is 370 g/mol. The number of sulfonamides is 1. The minimum absolute atomic E-state index is 0.0428. The van der Waals surface area contributed by atoms with Crippen molar-refractivity contribution in [2.24, 2.45) is 0 Å². The van der Waals surface area contributed by atoms with Crippen LogP contribution < -0.4 is 14.8 Å². The summed E-state index contributed by atoms with van der Waals surface area (Å²) in [5.41, 5.74) is 0. The molecule has 5 nitrogen and oxygen atoms in total. The second-order valence-electron chi connectivity index (χ2n) is 4.23. The predicted molar refractivity (Wildman–Crippen MR) is 77.3 cm³/mol. The molecule has 0 spiro atoms. The molecule has 0 amide bonds. The second-order valence-corrected chi connectivity index (χ2v) is 7.20. The summed E-state index contributed by atoms with van der Waals surface area (Å²) < 4.78 is 33.0. The Bertz CT molecular complexity index is 574. The van der Waals surface area contributed by atoms with Crippen LogP contribution >= 0.6 is 27.5 Å². The highest BCUT2D eigenvalue weighted by Crippen LogP contribution is 2.35. The van der Waals surface area contributed by atoms with Gasteiger partial charge in [0.15, 0.2) is 5.75 Å². The van der Waals surface area contributed by atoms with Gasteiger partial charge in [-0.15, -0.1) is 0 Å². The van der Waals surface area contributed by atoms with Crippen molar-refractivity contribution in [3.63, 3.8) is 0 Å². The molecule has 0 bridgehead atoms. The largest absolute Gasteiger partial charge is 0.494 e. The van der Waals surface area contributed by atoms with Gasteiger partial charge < -0.3 is 10.1 Å². The number of benzene rings is 1. The summed E-state index contributed by atoms with van der Waals surface area (Å²) in [4.78, 5) is 0.0428. The Morgan fingerprint density at radius 1 is 1.53 bits per heavy atom. The zero-order valence-corrected chi connectivity index (χ0v) is 13.4. The van der Waals surface area contributed by atoms with Crippen molar-refractivity contribution in [3.05, 3.63) is 21.6 Å². The van der Waals surface area contributed by atoms with Crippen molar-refractivity contribution in [2.75, 3.05) is 20.2 Å². The molecule has 2 N–H and O–H groups in total. The zero-order chi connectivity index (χ0) is 14.0. The molecule has 1 aliphatic rings. The van der Waals surface area contributed by atoms with E-state index in [-0.39, 0.29) is 16.7 Å². The molecular weight excluding hydrogens is 356 g/mol. The highest BCUT2D eigenvalue weighted by Gasteiger charge is 2.27. The Labute approximate surface area is 125 Å². The van der Waals surface area contributed by atoms with Gasteiger partial charge in [-0.05, 0) is 41.0 Å². The summed E-state index contributed by atoms with van der Waals surface area (Å²) in [7, 11) is -2.24. The van der Waals surface area contributed by atoms with Gasteiger partial charge in [0.2, 0.25) is 10.0 Å². The van der Waals surface area contributed by atoms with Crippen molar-refractivity contribution in [1.82, 2.24) is 10.0 Å². The van der Waals surface area contributed by atoms with E-state index < -0.39 is 10.0 Å². The van der Waals surface area contributed by atoms with E-state index >= 15 is 0 Å². The van der Waals surface area contributed by atoms with Crippen molar-refractivity contribution < 1.29 is 13.2 Å². The Kier molecular flexibility index (Phi) is 4.73. The molecule has 1 saturated heterocycles. The summed E-state index contributed by atoms with van der Waals surface area (Å²) >= 11 is 9.16. The van der Waals surface area contributed by atoms with E-state index in [9.17, 15) is 8.42 Å². The highest BCUT2D eigenvalue weighted by atomic mass is 79.9. The third kappa shape index (κ3) is 3.41. The SMILES string of the molecule is COc1c(Br)cc(Cl)cc1S(=O)(=O)NC1CCNC1. The molecule has 8 heteroatoms. The van der Waals surface area contributed by atoms with Gasteiger partial charge in [0.05, 0.1) is 11.6 Å². The van der Waals surface area contributed by atoms with Crippen molar-refractivity contribution in [1.29, 1.82) is 0 Å². The molecule has 1 fully saturated rings. The van der Waals surface area contributed by atoms with Crippen molar-refractivity contribution >= 4 is 37.6 Å². The van der Waals surface area contributed by atoms with Crippen LogP contribution in [-0.2, 0) is 10.0 Å². The molecule has 0 radical (unpaired) electrons. The third-order valence-electron chi connectivity index (χ3n) is 2.85. The topological polar surface area (TPSA) is 67.4 Å². The fourth-order valence-corrected chi connectivity index (χ4v) is 4.63. The molecule has 0 aromatic heterocycles. The minimum atomic E-state index is -3.66. The van der Waals surface area contributed by atoms with Gasteiger partial charge in [0.25, 0.3) is 0 Å². The van der Waals surface area contributed by atoms with Crippen LogP contribution in [-0.4, -0.2) is 34.7 Å². The maximum atomic E-state index is 12.4. The standard InChI is InChI=1S/C11H14BrClN2O3S/c1-18-11-9(12)4-7(13)5-10(11)19(16,17)15-8-2-3-14-6-8/h4-5,8,14-15H,2-3,6H2,1H3. The van der Waals surface area contributed by atoms with Crippen LogP contribution in [0, 0.1) is 0 Å². The van der Waals surface area contributed by atoms with Gasteiger partial charge in [-0.25, -0.2) is 13.1 Å². The maximum Gasteiger partial charge on any atom is 0.244 e. The predicted octanol–water partition coefficient (Wildman–Crippen LogP) is 1.75. The fourth-order valence-electron chi connectivity index (χ4n) is 1.97. The molecule has 2 rings (SSSR count). The average Bonchev–Trinajstić information content (AvgIpc) is 2.80. The number of hydrogen-bond donors (Lipinski definition) is 2. The summed E-state index contributed by atoms with van der Waals surface area (Å²) in [5, 5.41) is 3.44. The van der Waals surface area contributed by atoms with Gasteiger partial charge in [0, 0.05) is 17.6 Å². The summed E-state index contributed by atoms with van der Waals surface area (Å²) in [6.07, 6.45) is 0.767. The van der Waals surface area contributed by atoms with Gasteiger partial charge in [-0.3, -0.25) is 0 Å². The molecule has 1 heterocycles. The van der Waals surface area contributed by atoms with E-state index in [0.717, 1.165) is 13.0 Å². The van der Waals surface area contributed by atoms with E-state index in [1.54, 1.807) is 6.07 Å². The Morgan fingerprint density at radius 3 is 2.84 bits per heavy atom. The maximum absolute atomic E-state index is 12.4. The lowest BCUT2D eigenvalue weighted by Crippen LogP contribution is -2.36. The molecule has 106 valence electrons. The van der Waals surface area contributed by atoms with Crippen LogP contribution in [0.3, 0.4) is 0 Å². The number of halogens is 2.